The van der Waals surface area contributed by atoms with Crippen molar-refractivity contribution in [3.8, 4) is 0 Å². The number of para-hydroxylation sites is 1. The van der Waals surface area contributed by atoms with E-state index in [1.165, 1.54) is 0 Å². The smallest absolute Gasteiger partial charge is 0.240 e. The summed E-state index contributed by atoms with van der Waals surface area (Å²) < 4.78 is 0. The first-order valence-corrected chi connectivity index (χ1v) is 11.9. The minimum atomic E-state index is -0.0316. The van der Waals surface area contributed by atoms with Crippen LogP contribution < -0.4 is 5.32 Å². The second-order valence-corrected chi connectivity index (χ2v) is 9.22. The molecule has 30 heavy (non-hydrogen) atoms. The van der Waals surface area contributed by atoms with Crippen molar-refractivity contribution in [2.45, 2.75) is 25.4 Å². The summed E-state index contributed by atoms with van der Waals surface area (Å²) in [5.41, 5.74) is 9.32. The number of allylic oxidation sites excluding steroid dienone is 1. The van der Waals surface area contributed by atoms with Gasteiger partial charge in [0.1, 0.15) is 5.84 Å². The van der Waals surface area contributed by atoms with Crippen LogP contribution in [0, 0.1) is 0 Å². The summed E-state index contributed by atoms with van der Waals surface area (Å²) in [7, 11) is 0. The van der Waals surface area contributed by atoms with E-state index in [2.05, 4.69) is 15.1 Å². The molecule has 3 aliphatic heterocycles. The summed E-state index contributed by atoms with van der Waals surface area (Å²) >= 11 is 1.84. The lowest BCUT2D eigenvalue weighted by molar-refractivity contribution is -0.131. The van der Waals surface area contributed by atoms with Crippen LogP contribution >= 0.6 is 11.8 Å². The Morgan fingerprint density at radius 2 is 1.93 bits per heavy atom. The highest BCUT2D eigenvalue weighted by Gasteiger charge is 2.36. The maximum absolute atomic E-state index is 12.7. The Labute approximate surface area is 183 Å². The first kappa shape index (κ1) is 21.2. The molecule has 0 spiro atoms. The lowest BCUT2D eigenvalue weighted by Crippen LogP contribution is -2.52. The fourth-order valence-electron chi connectivity index (χ4n) is 4.33. The van der Waals surface area contributed by atoms with Crippen molar-refractivity contribution < 1.29 is 4.79 Å². The number of nitrogens with zero attached hydrogens (tertiary/aromatic N) is 4. The third-order valence-electron chi connectivity index (χ3n) is 5.97. The van der Waals surface area contributed by atoms with E-state index in [0.717, 1.165) is 68.8 Å². The summed E-state index contributed by atoms with van der Waals surface area (Å²) in [6, 6.07) is 10.3. The van der Waals surface area contributed by atoms with Gasteiger partial charge in [-0.15, -0.1) is 11.8 Å². The predicted octanol–water partition coefficient (Wildman–Crippen LogP) is 2.55. The summed E-state index contributed by atoms with van der Waals surface area (Å²) in [4.78, 5) is 24.2. The van der Waals surface area contributed by atoms with Crippen molar-refractivity contribution in [1.82, 2.24) is 20.0 Å². The van der Waals surface area contributed by atoms with Crippen molar-refractivity contribution in [3.63, 3.8) is 0 Å². The SMILES string of the molecule is C/C([NH-])=C/C(=Nc1ccccc1)N1CCN([C@@H]2CN[C@H](C(=O)N3CCSC3)C2)CC1. The summed E-state index contributed by atoms with van der Waals surface area (Å²) in [6.45, 7) is 7.22. The number of thioether (sulfide) groups is 1. The highest BCUT2D eigenvalue weighted by Crippen LogP contribution is 2.21. The van der Waals surface area contributed by atoms with Gasteiger partial charge in [-0.05, 0) is 24.6 Å². The van der Waals surface area contributed by atoms with Crippen LogP contribution in [0.5, 0.6) is 0 Å². The van der Waals surface area contributed by atoms with Gasteiger partial charge in [-0.1, -0.05) is 25.1 Å². The van der Waals surface area contributed by atoms with E-state index in [1.807, 2.05) is 53.1 Å². The molecule has 0 bridgehead atoms. The van der Waals surface area contributed by atoms with E-state index < -0.39 is 0 Å². The van der Waals surface area contributed by atoms with E-state index in [9.17, 15) is 4.79 Å². The molecule has 0 unspecified atom stereocenters. The number of rotatable bonds is 4. The van der Waals surface area contributed by atoms with Gasteiger partial charge in [0.2, 0.25) is 5.91 Å². The molecule has 7 nitrogen and oxygen atoms in total. The molecule has 8 heteroatoms. The molecule has 3 fully saturated rings. The molecule has 1 aromatic carbocycles. The average molecular weight is 428 g/mol. The number of carbonyl (C=O) groups is 1. The number of aliphatic imine (C=N–C) groups is 1. The lowest BCUT2D eigenvalue weighted by Gasteiger charge is -2.39. The van der Waals surface area contributed by atoms with Crippen LogP contribution in [0.15, 0.2) is 47.1 Å². The maximum atomic E-state index is 12.7. The zero-order valence-corrected chi connectivity index (χ0v) is 18.4. The number of hydrogen-bond donors (Lipinski definition) is 1. The maximum Gasteiger partial charge on any atom is 0.240 e. The highest BCUT2D eigenvalue weighted by atomic mass is 32.2. The number of carbonyl (C=O) groups excluding carboxylic acids is 1. The topological polar surface area (TPSA) is 75.0 Å². The summed E-state index contributed by atoms with van der Waals surface area (Å²) in [6.07, 6.45) is 2.75. The quantitative estimate of drug-likeness (QED) is 0.590. The zero-order chi connectivity index (χ0) is 20.9. The Morgan fingerprint density at radius 1 is 1.17 bits per heavy atom. The van der Waals surface area contributed by atoms with Gasteiger partial charge in [-0.25, -0.2) is 4.99 Å². The molecule has 162 valence electrons. The van der Waals surface area contributed by atoms with Crippen molar-refractivity contribution in [2.24, 2.45) is 4.99 Å². The number of nitrogens with one attached hydrogen (secondary N) is 2. The fraction of sp³-hybridized carbons (Fsp3) is 0.545. The molecule has 0 aliphatic carbocycles. The summed E-state index contributed by atoms with van der Waals surface area (Å²) in [5.74, 6) is 3.03. The highest BCUT2D eigenvalue weighted by molar-refractivity contribution is 7.99. The molecule has 0 aromatic heterocycles. The van der Waals surface area contributed by atoms with E-state index >= 15 is 0 Å². The van der Waals surface area contributed by atoms with Crippen molar-refractivity contribution in [3.05, 3.63) is 47.8 Å². The standard InChI is InChI=1S/C22H31N6OS/c1-17(23)13-21(25-18-5-3-2-4-6-18)27-9-7-26(8-10-27)19-14-20(24-15-19)22(29)28-11-12-30-16-28/h2-6,13,19-20,24H,7-12,14-16H2,1H3,(H-,23,25)/q-1/t19-,20-/m0/s1. The molecule has 1 amide bonds. The Kier molecular flexibility index (Phi) is 6.97. The first-order valence-electron chi connectivity index (χ1n) is 10.7. The number of amides is 1. The van der Waals surface area contributed by atoms with Crippen LogP contribution in [-0.4, -0.2) is 89.4 Å². The van der Waals surface area contributed by atoms with Crippen LogP contribution in [0.3, 0.4) is 0 Å². The Bertz CT molecular complexity index is 780. The van der Waals surface area contributed by atoms with Gasteiger partial charge >= 0.3 is 0 Å². The van der Waals surface area contributed by atoms with Crippen LogP contribution in [0.4, 0.5) is 5.69 Å². The minimum Gasteiger partial charge on any atom is -0.702 e. The molecule has 0 saturated carbocycles. The molecule has 0 radical (unpaired) electrons. The molecule has 1 aromatic rings. The van der Waals surface area contributed by atoms with E-state index in [0.29, 0.717) is 11.7 Å². The number of piperazine rings is 1. The van der Waals surface area contributed by atoms with Crippen LogP contribution in [-0.2, 0) is 4.79 Å². The van der Waals surface area contributed by atoms with Crippen LogP contribution in [0.25, 0.3) is 5.73 Å². The third kappa shape index (κ3) is 5.17. The average Bonchev–Trinajstić information content (AvgIpc) is 3.46. The molecule has 4 rings (SSSR count). The monoisotopic (exact) mass is 427 g/mol. The van der Waals surface area contributed by atoms with Crippen LogP contribution in [0.1, 0.15) is 13.3 Å². The second kappa shape index (κ2) is 9.85. The Hall–Kier alpha value is -2.03. The Morgan fingerprint density at radius 3 is 2.60 bits per heavy atom. The minimum absolute atomic E-state index is 0.0316. The molecule has 2 atom stereocenters. The zero-order valence-electron chi connectivity index (χ0n) is 17.6. The van der Waals surface area contributed by atoms with Gasteiger partial charge < -0.3 is 20.9 Å². The molecule has 2 N–H and O–H groups in total. The Balaban J connectivity index is 1.34. The van der Waals surface area contributed by atoms with Crippen LogP contribution in [0.2, 0.25) is 0 Å². The van der Waals surface area contributed by atoms with Gasteiger partial charge in [0, 0.05) is 51.1 Å². The molecular weight excluding hydrogens is 396 g/mol. The van der Waals surface area contributed by atoms with Crippen molar-refractivity contribution in [1.29, 1.82) is 0 Å². The van der Waals surface area contributed by atoms with E-state index in [4.69, 9.17) is 10.7 Å². The van der Waals surface area contributed by atoms with E-state index in [-0.39, 0.29) is 11.9 Å². The number of benzene rings is 1. The van der Waals surface area contributed by atoms with Crippen molar-refractivity contribution >= 4 is 29.2 Å². The van der Waals surface area contributed by atoms with Crippen molar-refractivity contribution in [2.75, 3.05) is 50.9 Å². The lowest BCUT2D eigenvalue weighted by atomic mass is 10.1. The molecule has 3 saturated heterocycles. The van der Waals surface area contributed by atoms with E-state index in [1.54, 1.807) is 6.92 Å². The van der Waals surface area contributed by atoms with Gasteiger partial charge in [0.05, 0.1) is 17.6 Å². The predicted molar refractivity (Wildman–Crippen MR) is 124 cm³/mol. The van der Waals surface area contributed by atoms with Gasteiger partial charge in [-0.3, -0.25) is 9.69 Å². The first-order chi connectivity index (χ1) is 14.6. The third-order valence-corrected chi connectivity index (χ3v) is 6.94. The second-order valence-electron chi connectivity index (χ2n) is 8.15. The van der Waals surface area contributed by atoms with Gasteiger partial charge in [-0.2, -0.15) is 5.70 Å². The molecule has 3 heterocycles. The fourth-order valence-corrected chi connectivity index (χ4v) is 5.29. The normalized spacial score (nSPS) is 26.4. The largest absolute Gasteiger partial charge is 0.702 e. The molecular formula is C22H31N6OS-. The molecule has 3 aliphatic rings. The number of amidine groups is 1. The van der Waals surface area contributed by atoms with Gasteiger partial charge in [0.25, 0.3) is 0 Å². The summed E-state index contributed by atoms with van der Waals surface area (Å²) in [5, 5.41) is 3.46. The van der Waals surface area contributed by atoms with Gasteiger partial charge in [0.15, 0.2) is 0 Å². The number of hydrogen-bond acceptors (Lipinski definition) is 5.